The lowest BCUT2D eigenvalue weighted by molar-refractivity contribution is 0.102. The Balaban J connectivity index is 1.60. The number of rotatable bonds is 5. The van der Waals surface area contributed by atoms with E-state index < -0.39 is 0 Å². The minimum absolute atomic E-state index is 0.129. The van der Waals surface area contributed by atoms with Crippen molar-refractivity contribution in [2.75, 3.05) is 5.32 Å². The molecule has 2 aromatic heterocycles. The molecule has 0 unspecified atom stereocenters. The van der Waals surface area contributed by atoms with Crippen LogP contribution in [-0.2, 0) is 5.75 Å². The highest BCUT2D eigenvalue weighted by Crippen LogP contribution is 2.25. The number of amides is 1. The zero-order valence-electron chi connectivity index (χ0n) is 13.6. The van der Waals surface area contributed by atoms with Crippen LogP contribution in [0.25, 0.3) is 0 Å². The maximum atomic E-state index is 12.3. The monoisotopic (exact) mass is 375 g/mol. The van der Waals surface area contributed by atoms with E-state index in [2.05, 4.69) is 20.7 Å². The first-order chi connectivity index (χ1) is 11.5. The molecule has 0 aliphatic heterocycles. The number of carbonyl (C=O) groups excluding carboxylic acids is 1. The maximum Gasteiger partial charge on any atom is 0.257 e. The predicted molar refractivity (Wildman–Crippen MR) is 102 cm³/mol. The number of hydrogen-bond acceptors (Lipinski definition) is 6. The second-order valence-electron chi connectivity index (χ2n) is 5.29. The van der Waals surface area contributed by atoms with Gasteiger partial charge in [0.2, 0.25) is 0 Å². The van der Waals surface area contributed by atoms with Crippen LogP contribution in [0.4, 0.5) is 5.13 Å². The molecule has 3 aromatic rings. The Morgan fingerprint density at radius 2 is 1.92 bits per heavy atom. The van der Waals surface area contributed by atoms with Crippen molar-refractivity contribution in [3.8, 4) is 0 Å². The molecule has 0 fully saturated rings. The molecule has 0 radical (unpaired) electrons. The maximum absolute atomic E-state index is 12.3. The fourth-order valence-electron chi connectivity index (χ4n) is 2.03. The van der Waals surface area contributed by atoms with E-state index in [9.17, 15) is 4.79 Å². The van der Waals surface area contributed by atoms with E-state index >= 15 is 0 Å². The molecular formula is C17H17N3OS3. The summed E-state index contributed by atoms with van der Waals surface area (Å²) in [5.74, 6) is 0.712. The number of aryl methyl sites for hydroxylation is 3. The summed E-state index contributed by atoms with van der Waals surface area (Å²) in [5, 5.41) is 6.67. The Morgan fingerprint density at radius 1 is 1.17 bits per heavy atom. The highest BCUT2D eigenvalue weighted by molar-refractivity contribution is 7.98. The molecule has 0 saturated carbocycles. The number of thioether (sulfide) groups is 1. The fraction of sp³-hybridized carbons (Fsp3) is 0.235. The van der Waals surface area contributed by atoms with Crippen molar-refractivity contribution in [3.05, 3.63) is 56.5 Å². The van der Waals surface area contributed by atoms with Gasteiger partial charge in [-0.3, -0.25) is 10.1 Å². The van der Waals surface area contributed by atoms with E-state index in [1.807, 2.05) is 45.0 Å². The Bertz CT molecular complexity index is 833. The van der Waals surface area contributed by atoms with Crippen LogP contribution in [0.15, 0.2) is 34.5 Å². The van der Waals surface area contributed by atoms with Crippen LogP contribution in [-0.4, -0.2) is 15.9 Å². The van der Waals surface area contributed by atoms with Crippen molar-refractivity contribution in [1.82, 2.24) is 9.97 Å². The lowest BCUT2D eigenvalue weighted by Crippen LogP contribution is -2.11. The molecule has 0 aliphatic carbocycles. The van der Waals surface area contributed by atoms with Gasteiger partial charge in [-0.1, -0.05) is 0 Å². The van der Waals surface area contributed by atoms with Crippen molar-refractivity contribution in [1.29, 1.82) is 0 Å². The second-order valence-corrected chi connectivity index (χ2v) is 8.60. The van der Waals surface area contributed by atoms with E-state index in [4.69, 9.17) is 0 Å². The number of carbonyl (C=O) groups is 1. The molecular weight excluding hydrogens is 358 g/mol. The molecule has 1 aromatic carbocycles. The van der Waals surface area contributed by atoms with Crippen molar-refractivity contribution in [3.63, 3.8) is 0 Å². The van der Waals surface area contributed by atoms with Crippen molar-refractivity contribution >= 4 is 45.5 Å². The highest BCUT2D eigenvalue weighted by atomic mass is 32.2. The lowest BCUT2D eigenvalue weighted by atomic mass is 10.2. The molecule has 1 amide bonds. The minimum Gasteiger partial charge on any atom is -0.298 e. The van der Waals surface area contributed by atoms with Gasteiger partial charge >= 0.3 is 0 Å². The minimum atomic E-state index is -0.129. The summed E-state index contributed by atoms with van der Waals surface area (Å²) >= 11 is 4.88. The van der Waals surface area contributed by atoms with Gasteiger partial charge < -0.3 is 0 Å². The van der Waals surface area contributed by atoms with E-state index in [1.165, 1.54) is 11.3 Å². The number of nitrogens with zero attached hydrogens (tertiary/aromatic N) is 2. The van der Waals surface area contributed by atoms with Gasteiger partial charge in [-0.05, 0) is 45.0 Å². The van der Waals surface area contributed by atoms with Crippen LogP contribution in [0.2, 0.25) is 0 Å². The standard InChI is InChI=1S/C17H17N3OS3/c1-10-11(2)24-17(18-10)20-16(21)13-4-6-15(7-5-13)23-9-14-8-22-12(3)19-14/h4-8H,9H2,1-3H3,(H,18,20,21). The van der Waals surface area contributed by atoms with Crippen LogP contribution in [0.3, 0.4) is 0 Å². The van der Waals surface area contributed by atoms with E-state index in [1.54, 1.807) is 23.1 Å². The normalized spacial score (nSPS) is 10.8. The molecule has 0 bridgehead atoms. The van der Waals surface area contributed by atoms with E-state index in [0.29, 0.717) is 10.7 Å². The first-order valence-corrected chi connectivity index (χ1v) is 10.1. The molecule has 4 nitrogen and oxygen atoms in total. The smallest absolute Gasteiger partial charge is 0.257 e. The van der Waals surface area contributed by atoms with E-state index in [0.717, 1.165) is 31.9 Å². The second kappa shape index (κ2) is 7.46. The van der Waals surface area contributed by atoms with Crippen LogP contribution < -0.4 is 5.32 Å². The molecule has 0 saturated heterocycles. The largest absolute Gasteiger partial charge is 0.298 e. The Hall–Kier alpha value is -1.70. The summed E-state index contributed by atoms with van der Waals surface area (Å²) in [6.07, 6.45) is 0. The van der Waals surface area contributed by atoms with Gasteiger partial charge in [0.05, 0.1) is 16.4 Å². The Morgan fingerprint density at radius 3 is 2.50 bits per heavy atom. The zero-order valence-corrected chi connectivity index (χ0v) is 16.1. The van der Waals surface area contributed by atoms with Crippen LogP contribution in [0, 0.1) is 20.8 Å². The van der Waals surface area contributed by atoms with Crippen LogP contribution >= 0.6 is 34.4 Å². The van der Waals surface area contributed by atoms with Gasteiger partial charge in [0.15, 0.2) is 5.13 Å². The van der Waals surface area contributed by atoms with Crippen molar-refractivity contribution in [2.24, 2.45) is 0 Å². The summed E-state index contributed by atoms with van der Waals surface area (Å²) < 4.78 is 0. The number of benzene rings is 1. The quantitative estimate of drug-likeness (QED) is 0.633. The molecule has 0 atom stereocenters. The zero-order chi connectivity index (χ0) is 17.1. The number of nitrogens with one attached hydrogen (secondary N) is 1. The summed E-state index contributed by atoms with van der Waals surface area (Å²) in [4.78, 5) is 23.3. The molecule has 3 rings (SSSR count). The first kappa shape index (κ1) is 17.1. The van der Waals surface area contributed by atoms with Gasteiger partial charge in [0.25, 0.3) is 5.91 Å². The van der Waals surface area contributed by atoms with Gasteiger partial charge in [-0.2, -0.15) is 0 Å². The topological polar surface area (TPSA) is 54.9 Å². The van der Waals surface area contributed by atoms with Crippen molar-refractivity contribution in [2.45, 2.75) is 31.4 Å². The Kier molecular flexibility index (Phi) is 5.33. The van der Waals surface area contributed by atoms with Gasteiger partial charge in [-0.15, -0.1) is 34.4 Å². The summed E-state index contributed by atoms with van der Waals surface area (Å²) in [5.41, 5.74) is 2.69. The molecule has 7 heteroatoms. The van der Waals surface area contributed by atoms with Crippen molar-refractivity contribution < 1.29 is 4.79 Å². The van der Waals surface area contributed by atoms with Gasteiger partial charge in [-0.25, -0.2) is 9.97 Å². The molecule has 1 N–H and O–H groups in total. The van der Waals surface area contributed by atoms with E-state index in [-0.39, 0.29) is 5.91 Å². The molecule has 0 aliphatic rings. The lowest BCUT2D eigenvalue weighted by Gasteiger charge is -2.04. The van der Waals surface area contributed by atoms with Gasteiger partial charge in [0, 0.05) is 26.5 Å². The molecule has 124 valence electrons. The van der Waals surface area contributed by atoms with Crippen LogP contribution in [0.1, 0.15) is 31.6 Å². The van der Waals surface area contributed by atoms with Crippen LogP contribution in [0.5, 0.6) is 0 Å². The highest BCUT2D eigenvalue weighted by Gasteiger charge is 2.10. The Labute approximate surface area is 153 Å². The van der Waals surface area contributed by atoms with Gasteiger partial charge in [0.1, 0.15) is 0 Å². The average molecular weight is 376 g/mol. The summed E-state index contributed by atoms with van der Waals surface area (Å²) in [6.45, 7) is 5.95. The number of thiazole rings is 2. The summed E-state index contributed by atoms with van der Waals surface area (Å²) in [7, 11) is 0. The molecule has 24 heavy (non-hydrogen) atoms. The summed E-state index contributed by atoms with van der Waals surface area (Å²) in [6, 6.07) is 7.63. The number of hydrogen-bond donors (Lipinski definition) is 1. The molecule has 0 spiro atoms. The third-order valence-corrected chi connectivity index (χ3v) is 6.28. The first-order valence-electron chi connectivity index (χ1n) is 7.40. The molecule has 2 heterocycles. The SMILES string of the molecule is Cc1nc(CSc2ccc(C(=O)Nc3nc(C)c(C)s3)cc2)cs1. The fourth-order valence-corrected chi connectivity index (χ4v) is 4.35. The third-order valence-electron chi connectivity index (χ3n) is 3.42. The number of aromatic nitrogens is 2. The predicted octanol–water partition coefficient (Wildman–Crippen LogP) is 5.07. The number of anilines is 1. The average Bonchev–Trinajstić information content (AvgIpc) is 3.11. The third kappa shape index (κ3) is 4.23.